The van der Waals surface area contributed by atoms with Crippen LogP contribution in [0.15, 0.2) is 24.3 Å². The molecule has 1 amide bonds. The fraction of sp³-hybridized carbons (Fsp3) is 0.500. The van der Waals surface area contributed by atoms with Crippen molar-refractivity contribution in [1.29, 1.82) is 0 Å². The molecule has 0 aromatic heterocycles. The van der Waals surface area contributed by atoms with Crippen molar-refractivity contribution in [2.24, 2.45) is 11.8 Å². The van der Waals surface area contributed by atoms with Gasteiger partial charge in [-0.25, -0.2) is 0 Å². The van der Waals surface area contributed by atoms with E-state index in [4.69, 9.17) is 16.7 Å². The van der Waals surface area contributed by atoms with Crippen molar-refractivity contribution >= 4 is 23.5 Å². The average Bonchev–Trinajstić information content (AvgIpc) is 3.23. The van der Waals surface area contributed by atoms with Crippen LogP contribution in [0.5, 0.6) is 0 Å². The molecule has 0 heterocycles. The van der Waals surface area contributed by atoms with E-state index in [2.05, 4.69) is 5.32 Å². The monoisotopic (exact) mass is 309 g/mol. The van der Waals surface area contributed by atoms with Crippen LogP contribution in [0.1, 0.15) is 37.7 Å². The van der Waals surface area contributed by atoms with Gasteiger partial charge in [-0.3, -0.25) is 9.59 Å². The number of rotatable bonds is 7. The molecule has 1 aliphatic carbocycles. The first-order chi connectivity index (χ1) is 10.0. The fourth-order valence-electron chi connectivity index (χ4n) is 2.62. The van der Waals surface area contributed by atoms with Crippen LogP contribution in [0, 0.1) is 11.8 Å². The number of amides is 1. The zero-order valence-corrected chi connectivity index (χ0v) is 12.8. The lowest BCUT2D eigenvalue weighted by atomic mass is 10.0. The molecule has 0 bridgehead atoms. The predicted octanol–water partition coefficient (Wildman–Crippen LogP) is 3.06. The molecule has 3 unspecified atom stereocenters. The maximum Gasteiger partial charge on any atom is 0.308 e. The number of hydrogen-bond acceptors (Lipinski definition) is 2. The number of carboxylic acid groups (broad SMARTS) is 1. The molecule has 0 saturated heterocycles. The van der Waals surface area contributed by atoms with Crippen LogP contribution in [-0.4, -0.2) is 23.5 Å². The quantitative estimate of drug-likeness (QED) is 0.813. The number of hydrogen-bond donors (Lipinski definition) is 2. The summed E-state index contributed by atoms with van der Waals surface area (Å²) in [6.07, 6.45) is 2.15. The van der Waals surface area contributed by atoms with Gasteiger partial charge < -0.3 is 10.4 Å². The zero-order valence-electron chi connectivity index (χ0n) is 12.0. The normalized spacial score (nSPS) is 21.6. The lowest BCUT2D eigenvalue weighted by Crippen LogP contribution is -2.34. The Morgan fingerprint density at radius 1 is 1.43 bits per heavy atom. The van der Waals surface area contributed by atoms with Gasteiger partial charge in [0.05, 0.1) is 5.92 Å². The minimum atomic E-state index is -0.851. The summed E-state index contributed by atoms with van der Waals surface area (Å²) >= 11 is 6.13. The Balaban J connectivity index is 1.86. The fourth-order valence-corrected chi connectivity index (χ4v) is 2.90. The maximum atomic E-state index is 12.1. The zero-order chi connectivity index (χ0) is 15.4. The number of halogens is 1. The number of carbonyl (C=O) groups is 2. The van der Waals surface area contributed by atoms with E-state index in [1.807, 2.05) is 31.2 Å². The van der Waals surface area contributed by atoms with Crippen molar-refractivity contribution in [2.75, 3.05) is 6.54 Å². The Morgan fingerprint density at radius 2 is 2.14 bits per heavy atom. The van der Waals surface area contributed by atoms with Crippen molar-refractivity contribution in [2.45, 2.75) is 32.1 Å². The minimum Gasteiger partial charge on any atom is -0.481 e. The molecule has 5 heteroatoms. The SMILES string of the molecule is CCCC(CNC(=O)C1CC1c1ccccc1Cl)C(=O)O. The largest absolute Gasteiger partial charge is 0.481 e. The lowest BCUT2D eigenvalue weighted by molar-refractivity contribution is -0.142. The molecular weight excluding hydrogens is 290 g/mol. The third kappa shape index (κ3) is 3.97. The summed E-state index contributed by atoms with van der Waals surface area (Å²) in [5.41, 5.74) is 1.00. The highest BCUT2D eigenvalue weighted by Crippen LogP contribution is 2.49. The van der Waals surface area contributed by atoms with Crippen molar-refractivity contribution in [3.63, 3.8) is 0 Å². The van der Waals surface area contributed by atoms with E-state index in [1.165, 1.54) is 0 Å². The molecule has 0 aliphatic heterocycles. The molecule has 2 N–H and O–H groups in total. The Bertz CT molecular complexity index is 532. The van der Waals surface area contributed by atoms with Crippen molar-refractivity contribution in [3.05, 3.63) is 34.9 Å². The summed E-state index contributed by atoms with van der Waals surface area (Å²) in [5.74, 6) is -1.34. The molecule has 1 saturated carbocycles. The summed E-state index contributed by atoms with van der Waals surface area (Å²) in [6, 6.07) is 7.55. The summed E-state index contributed by atoms with van der Waals surface area (Å²) in [4.78, 5) is 23.1. The van der Waals surface area contributed by atoms with Crippen molar-refractivity contribution < 1.29 is 14.7 Å². The van der Waals surface area contributed by atoms with E-state index < -0.39 is 11.9 Å². The number of nitrogens with one attached hydrogen (secondary N) is 1. The van der Waals surface area contributed by atoms with E-state index in [0.29, 0.717) is 11.4 Å². The summed E-state index contributed by atoms with van der Waals surface area (Å²) in [6.45, 7) is 2.14. The van der Waals surface area contributed by atoms with Gasteiger partial charge in [-0.1, -0.05) is 43.1 Å². The molecule has 3 atom stereocenters. The van der Waals surface area contributed by atoms with Crippen LogP contribution in [0.2, 0.25) is 5.02 Å². The first-order valence-corrected chi connectivity index (χ1v) is 7.67. The van der Waals surface area contributed by atoms with Crippen LogP contribution < -0.4 is 5.32 Å². The van der Waals surface area contributed by atoms with E-state index in [-0.39, 0.29) is 24.3 Å². The van der Waals surface area contributed by atoms with Gasteiger partial charge in [-0.2, -0.15) is 0 Å². The Morgan fingerprint density at radius 3 is 2.76 bits per heavy atom. The topological polar surface area (TPSA) is 66.4 Å². The second-order valence-electron chi connectivity index (χ2n) is 5.54. The molecule has 1 aromatic rings. The average molecular weight is 310 g/mol. The minimum absolute atomic E-state index is 0.0673. The van der Waals surface area contributed by atoms with E-state index in [9.17, 15) is 9.59 Å². The Labute approximate surface area is 129 Å². The van der Waals surface area contributed by atoms with Gasteiger partial charge in [-0.15, -0.1) is 0 Å². The summed E-state index contributed by atoms with van der Waals surface area (Å²) in [5, 5.41) is 12.5. The van der Waals surface area contributed by atoms with Crippen LogP contribution in [0.4, 0.5) is 0 Å². The van der Waals surface area contributed by atoms with Crippen LogP contribution in [0.3, 0.4) is 0 Å². The molecule has 21 heavy (non-hydrogen) atoms. The lowest BCUT2D eigenvalue weighted by Gasteiger charge is -2.12. The van der Waals surface area contributed by atoms with Gasteiger partial charge in [0, 0.05) is 17.5 Å². The molecule has 4 nitrogen and oxygen atoms in total. The maximum absolute atomic E-state index is 12.1. The molecule has 1 aromatic carbocycles. The number of carbonyl (C=O) groups excluding carboxylic acids is 1. The van der Waals surface area contributed by atoms with Gasteiger partial charge in [0.1, 0.15) is 0 Å². The van der Waals surface area contributed by atoms with Gasteiger partial charge in [0.2, 0.25) is 5.91 Å². The molecule has 1 aliphatic rings. The molecule has 0 spiro atoms. The molecule has 114 valence electrons. The smallest absolute Gasteiger partial charge is 0.308 e. The number of benzene rings is 1. The van der Waals surface area contributed by atoms with E-state index in [0.717, 1.165) is 18.4 Å². The standard InChI is InChI=1S/C16H20ClNO3/c1-2-5-10(16(20)21)9-18-15(19)13-8-12(13)11-6-3-4-7-14(11)17/h3-4,6-7,10,12-13H,2,5,8-9H2,1H3,(H,18,19)(H,20,21). The highest BCUT2D eigenvalue weighted by atomic mass is 35.5. The van der Waals surface area contributed by atoms with Gasteiger partial charge >= 0.3 is 5.97 Å². The molecule has 0 radical (unpaired) electrons. The summed E-state index contributed by atoms with van der Waals surface area (Å²) < 4.78 is 0. The molecule has 2 rings (SSSR count). The third-order valence-corrected chi connectivity index (χ3v) is 4.29. The second-order valence-corrected chi connectivity index (χ2v) is 5.95. The van der Waals surface area contributed by atoms with Crippen molar-refractivity contribution in [1.82, 2.24) is 5.32 Å². The van der Waals surface area contributed by atoms with Crippen LogP contribution in [0.25, 0.3) is 0 Å². The first-order valence-electron chi connectivity index (χ1n) is 7.29. The van der Waals surface area contributed by atoms with E-state index in [1.54, 1.807) is 0 Å². The molecule has 1 fully saturated rings. The Hall–Kier alpha value is -1.55. The van der Waals surface area contributed by atoms with Gasteiger partial charge in [0.25, 0.3) is 0 Å². The number of carboxylic acids is 1. The predicted molar refractivity (Wildman–Crippen MR) is 81.3 cm³/mol. The molecular formula is C16H20ClNO3. The van der Waals surface area contributed by atoms with Crippen LogP contribution >= 0.6 is 11.6 Å². The van der Waals surface area contributed by atoms with Crippen molar-refractivity contribution in [3.8, 4) is 0 Å². The highest BCUT2D eigenvalue weighted by Gasteiger charge is 2.44. The van der Waals surface area contributed by atoms with E-state index >= 15 is 0 Å². The van der Waals surface area contributed by atoms with Gasteiger partial charge in [0.15, 0.2) is 0 Å². The first kappa shape index (κ1) is 15.8. The Kier molecular flexibility index (Phi) is 5.23. The van der Waals surface area contributed by atoms with Crippen LogP contribution in [-0.2, 0) is 9.59 Å². The highest BCUT2D eigenvalue weighted by molar-refractivity contribution is 6.31. The van der Waals surface area contributed by atoms with Gasteiger partial charge in [-0.05, 0) is 30.4 Å². The third-order valence-electron chi connectivity index (χ3n) is 3.94. The summed E-state index contributed by atoms with van der Waals surface area (Å²) in [7, 11) is 0. The number of aliphatic carboxylic acids is 1. The second kappa shape index (κ2) is 6.94.